The van der Waals surface area contributed by atoms with E-state index in [0.717, 1.165) is 0 Å². The van der Waals surface area contributed by atoms with E-state index in [1.807, 2.05) is 0 Å². The summed E-state index contributed by atoms with van der Waals surface area (Å²) in [5.41, 5.74) is 6.92. The fourth-order valence-electron chi connectivity index (χ4n) is 1.17. The topological polar surface area (TPSA) is 72.2 Å². The minimum absolute atomic E-state index is 0.116. The van der Waals surface area contributed by atoms with Crippen LogP contribution in [0.1, 0.15) is 24.2 Å². The highest BCUT2D eigenvalue weighted by molar-refractivity contribution is 6.03. The van der Waals surface area contributed by atoms with Crippen molar-refractivity contribution in [2.75, 3.05) is 11.1 Å². The van der Waals surface area contributed by atoms with Crippen LogP contribution in [0.5, 0.6) is 0 Å². The van der Waals surface area contributed by atoms with Crippen LogP contribution in [0.25, 0.3) is 0 Å². The van der Waals surface area contributed by atoms with Gasteiger partial charge in [0.1, 0.15) is 0 Å². The second kappa shape index (κ2) is 3.91. The first kappa shape index (κ1) is 10.2. The highest BCUT2D eigenvalue weighted by Gasteiger charge is 2.08. The number of amides is 1. The third-order valence-corrected chi connectivity index (χ3v) is 1.80. The summed E-state index contributed by atoms with van der Waals surface area (Å²) < 4.78 is 0. The number of nitrogens with two attached hydrogens (primary N) is 1. The quantitative estimate of drug-likeness (QED) is 0.550. The molecule has 4 nitrogen and oxygen atoms in total. The average Bonchev–Trinajstić information content (AvgIpc) is 2.07. The zero-order valence-corrected chi connectivity index (χ0v) is 8.13. The number of anilines is 2. The number of hydrogen-bond donors (Lipinski definition) is 2. The zero-order chi connectivity index (χ0) is 10.7. The lowest BCUT2D eigenvalue weighted by atomic mass is 10.1. The minimum atomic E-state index is -0.211. The Bertz CT molecular complexity index is 386. The fourth-order valence-corrected chi connectivity index (χ4v) is 1.17. The molecule has 0 atom stereocenters. The number of rotatable bonds is 2. The molecule has 1 aromatic carbocycles. The first-order valence-electron chi connectivity index (χ1n) is 4.19. The second-order valence-corrected chi connectivity index (χ2v) is 3.00. The van der Waals surface area contributed by atoms with Crippen molar-refractivity contribution in [3.05, 3.63) is 23.8 Å². The van der Waals surface area contributed by atoms with E-state index in [4.69, 9.17) is 5.73 Å². The van der Waals surface area contributed by atoms with E-state index in [-0.39, 0.29) is 11.7 Å². The van der Waals surface area contributed by atoms with Gasteiger partial charge in [-0.15, -0.1) is 0 Å². The summed E-state index contributed by atoms with van der Waals surface area (Å²) in [6, 6.07) is 4.96. The lowest BCUT2D eigenvalue weighted by Crippen LogP contribution is -2.10. The van der Waals surface area contributed by atoms with Gasteiger partial charge in [0.15, 0.2) is 5.78 Å². The van der Waals surface area contributed by atoms with Crippen LogP contribution >= 0.6 is 0 Å². The molecule has 0 aliphatic heterocycles. The summed E-state index contributed by atoms with van der Waals surface area (Å²) >= 11 is 0. The zero-order valence-electron chi connectivity index (χ0n) is 8.13. The molecule has 1 rings (SSSR count). The van der Waals surface area contributed by atoms with E-state index in [0.29, 0.717) is 16.9 Å². The lowest BCUT2D eigenvalue weighted by molar-refractivity contribution is -0.114. The molecule has 0 bridgehead atoms. The Hall–Kier alpha value is -1.84. The van der Waals surface area contributed by atoms with Crippen molar-refractivity contribution in [2.24, 2.45) is 0 Å². The van der Waals surface area contributed by atoms with Crippen LogP contribution in [0, 0.1) is 0 Å². The van der Waals surface area contributed by atoms with E-state index < -0.39 is 0 Å². The number of nitrogens with one attached hydrogen (secondary N) is 1. The molecule has 0 heterocycles. The van der Waals surface area contributed by atoms with Crippen LogP contribution in [-0.4, -0.2) is 11.7 Å². The number of para-hydroxylation sites is 1. The van der Waals surface area contributed by atoms with Crippen molar-refractivity contribution in [3.8, 4) is 0 Å². The van der Waals surface area contributed by atoms with Gasteiger partial charge in [0, 0.05) is 12.5 Å². The van der Waals surface area contributed by atoms with Crippen molar-refractivity contribution < 1.29 is 9.59 Å². The molecule has 14 heavy (non-hydrogen) atoms. The SMILES string of the molecule is CC(=O)Nc1cccc(C(C)=O)c1N. The van der Waals surface area contributed by atoms with E-state index in [2.05, 4.69) is 5.32 Å². The molecule has 0 fully saturated rings. The summed E-state index contributed by atoms with van der Waals surface area (Å²) in [5, 5.41) is 2.55. The predicted octanol–water partition coefficient (Wildman–Crippen LogP) is 1.43. The molecule has 74 valence electrons. The molecule has 0 spiro atoms. The van der Waals surface area contributed by atoms with E-state index in [1.165, 1.54) is 13.8 Å². The number of benzene rings is 1. The number of carbonyl (C=O) groups excluding carboxylic acids is 2. The van der Waals surface area contributed by atoms with Crippen molar-refractivity contribution in [1.29, 1.82) is 0 Å². The molecule has 3 N–H and O–H groups in total. The molecule has 1 amide bonds. The van der Waals surface area contributed by atoms with Crippen LogP contribution in [-0.2, 0) is 4.79 Å². The Morgan fingerprint density at radius 2 is 1.93 bits per heavy atom. The van der Waals surface area contributed by atoms with Crippen molar-refractivity contribution in [1.82, 2.24) is 0 Å². The molecule has 0 aliphatic carbocycles. The molecule has 0 aromatic heterocycles. The molecule has 4 heteroatoms. The van der Waals surface area contributed by atoms with Gasteiger partial charge in [-0.3, -0.25) is 9.59 Å². The Labute approximate surface area is 82.1 Å². The Kier molecular flexibility index (Phi) is 2.86. The van der Waals surface area contributed by atoms with Crippen LogP contribution in [0.2, 0.25) is 0 Å². The van der Waals surface area contributed by atoms with Crippen LogP contribution in [0.4, 0.5) is 11.4 Å². The van der Waals surface area contributed by atoms with Gasteiger partial charge in [-0.2, -0.15) is 0 Å². The maximum atomic E-state index is 11.1. The molecule has 0 aliphatic rings. The van der Waals surface area contributed by atoms with E-state index >= 15 is 0 Å². The first-order chi connectivity index (χ1) is 6.52. The number of nitrogen functional groups attached to an aromatic ring is 1. The molecule has 0 saturated heterocycles. The molecule has 0 saturated carbocycles. The van der Waals surface area contributed by atoms with Crippen LogP contribution in [0.15, 0.2) is 18.2 Å². The van der Waals surface area contributed by atoms with Crippen LogP contribution in [0.3, 0.4) is 0 Å². The lowest BCUT2D eigenvalue weighted by Gasteiger charge is -2.08. The van der Waals surface area contributed by atoms with E-state index in [9.17, 15) is 9.59 Å². The van der Waals surface area contributed by atoms with Crippen LogP contribution < -0.4 is 11.1 Å². The summed E-state index contributed by atoms with van der Waals surface area (Å²) in [6.45, 7) is 2.82. The van der Waals surface area contributed by atoms with Crippen molar-refractivity contribution >= 4 is 23.1 Å². The van der Waals surface area contributed by atoms with Gasteiger partial charge in [0.2, 0.25) is 5.91 Å². The van der Waals surface area contributed by atoms with Gasteiger partial charge >= 0.3 is 0 Å². The van der Waals surface area contributed by atoms with Gasteiger partial charge in [0.25, 0.3) is 0 Å². The highest BCUT2D eigenvalue weighted by Crippen LogP contribution is 2.22. The first-order valence-corrected chi connectivity index (χ1v) is 4.19. The summed E-state index contributed by atoms with van der Waals surface area (Å²) in [5.74, 6) is -0.327. The van der Waals surface area contributed by atoms with Gasteiger partial charge in [0.05, 0.1) is 11.4 Å². The predicted molar refractivity (Wildman–Crippen MR) is 55.2 cm³/mol. The second-order valence-electron chi connectivity index (χ2n) is 3.00. The molecule has 1 aromatic rings. The number of hydrogen-bond acceptors (Lipinski definition) is 3. The maximum Gasteiger partial charge on any atom is 0.221 e. The monoisotopic (exact) mass is 192 g/mol. The highest BCUT2D eigenvalue weighted by atomic mass is 16.1. The maximum absolute atomic E-state index is 11.1. The van der Waals surface area contributed by atoms with Crippen molar-refractivity contribution in [2.45, 2.75) is 13.8 Å². The molecular formula is C10H12N2O2. The fraction of sp³-hybridized carbons (Fsp3) is 0.200. The molecular weight excluding hydrogens is 180 g/mol. The normalized spacial score (nSPS) is 9.57. The number of ketones is 1. The van der Waals surface area contributed by atoms with Gasteiger partial charge in [-0.05, 0) is 19.1 Å². The number of carbonyl (C=O) groups is 2. The molecule has 0 unspecified atom stereocenters. The largest absolute Gasteiger partial charge is 0.396 e. The summed E-state index contributed by atoms with van der Waals surface area (Å²) in [6.07, 6.45) is 0. The third-order valence-electron chi connectivity index (χ3n) is 1.80. The standard InChI is InChI=1S/C10H12N2O2/c1-6(13)8-4-3-5-9(10(8)11)12-7(2)14/h3-5H,11H2,1-2H3,(H,12,14). The summed E-state index contributed by atoms with van der Waals surface area (Å²) in [7, 11) is 0. The minimum Gasteiger partial charge on any atom is -0.396 e. The average molecular weight is 192 g/mol. The Morgan fingerprint density at radius 1 is 1.29 bits per heavy atom. The Balaban J connectivity index is 3.13. The van der Waals surface area contributed by atoms with Crippen molar-refractivity contribution in [3.63, 3.8) is 0 Å². The van der Waals surface area contributed by atoms with Gasteiger partial charge < -0.3 is 11.1 Å². The number of Topliss-reactive ketones (excluding diaryl/α,β-unsaturated/α-hetero) is 1. The van der Waals surface area contributed by atoms with E-state index in [1.54, 1.807) is 18.2 Å². The van der Waals surface area contributed by atoms with Gasteiger partial charge in [-0.25, -0.2) is 0 Å². The molecule has 0 radical (unpaired) electrons. The Morgan fingerprint density at radius 3 is 2.43 bits per heavy atom. The summed E-state index contributed by atoms with van der Waals surface area (Å²) in [4.78, 5) is 21.9. The third kappa shape index (κ3) is 2.10. The van der Waals surface area contributed by atoms with Gasteiger partial charge in [-0.1, -0.05) is 6.07 Å². The smallest absolute Gasteiger partial charge is 0.221 e.